The summed E-state index contributed by atoms with van der Waals surface area (Å²) in [5, 5.41) is 3.64. The second kappa shape index (κ2) is 9.06. The average Bonchev–Trinajstić information content (AvgIpc) is 2.86. The number of anilines is 1. The molecular formula is C30H27N. The van der Waals surface area contributed by atoms with Crippen molar-refractivity contribution < 1.29 is 0 Å². The zero-order chi connectivity index (χ0) is 20.9. The van der Waals surface area contributed by atoms with Crippen LogP contribution in [0.2, 0.25) is 0 Å². The zero-order valence-electron chi connectivity index (χ0n) is 17.6. The molecule has 2 aliphatic rings. The molecule has 152 valence electrons. The lowest BCUT2D eigenvalue weighted by atomic mass is 9.87. The van der Waals surface area contributed by atoms with Gasteiger partial charge in [-0.25, -0.2) is 0 Å². The minimum atomic E-state index is 0.330. The molecule has 0 fully saturated rings. The van der Waals surface area contributed by atoms with E-state index in [9.17, 15) is 0 Å². The van der Waals surface area contributed by atoms with Crippen LogP contribution in [0.1, 0.15) is 24.3 Å². The highest BCUT2D eigenvalue weighted by Crippen LogP contribution is 2.31. The molecule has 0 bridgehead atoms. The molecule has 0 amide bonds. The van der Waals surface area contributed by atoms with E-state index >= 15 is 0 Å². The van der Waals surface area contributed by atoms with Gasteiger partial charge in [0.15, 0.2) is 0 Å². The van der Waals surface area contributed by atoms with Crippen molar-refractivity contribution in [1.29, 1.82) is 0 Å². The number of rotatable bonds is 5. The quantitative estimate of drug-likeness (QED) is 0.462. The monoisotopic (exact) mass is 401 g/mol. The summed E-state index contributed by atoms with van der Waals surface area (Å²) in [6.07, 6.45) is 16.0. The fourth-order valence-corrected chi connectivity index (χ4v) is 4.33. The molecule has 0 spiro atoms. The summed E-state index contributed by atoms with van der Waals surface area (Å²) in [4.78, 5) is 0. The first-order chi connectivity index (χ1) is 15.3. The summed E-state index contributed by atoms with van der Waals surface area (Å²) in [5.41, 5.74) is 7.73. The summed E-state index contributed by atoms with van der Waals surface area (Å²) in [7, 11) is 0. The Kier molecular flexibility index (Phi) is 5.66. The molecule has 0 aliphatic heterocycles. The highest BCUT2D eigenvalue weighted by atomic mass is 14.9. The summed E-state index contributed by atoms with van der Waals surface area (Å²) in [6, 6.07) is 30.3. The van der Waals surface area contributed by atoms with Crippen LogP contribution in [0.4, 0.5) is 5.69 Å². The van der Waals surface area contributed by atoms with Crippen LogP contribution in [0.25, 0.3) is 11.1 Å². The van der Waals surface area contributed by atoms with E-state index in [0.717, 1.165) is 18.5 Å². The normalized spacial score (nSPS) is 20.1. The van der Waals surface area contributed by atoms with E-state index in [4.69, 9.17) is 0 Å². The number of hydrogen-bond acceptors (Lipinski definition) is 1. The van der Waals surface area contributed by atoms with Crippen LogP contribution in [0.15, 0.2) is 133 Å². The van der Waals surface area contributed by atoms with Gasteiger partial charge in [0.05, 0.1) is 0 Å². The van der Waals surface area contributed by atoms with Crippen LogP contribution in [-0.4, -0.2) is 6.04 Å². The largest absolute Gasteiger partial charge is 0.379 e. The molecule has 3 aromatic carbocycles. The predicted molar refractivity (Wildman–Crippen MR) is 132 cm³/mol. The van der Waals surface area contributed by atoms with E-state index in [1.165, 1.54) is 27.8 Å². The van der Waals surface area contributed by atoms with E-state index in [1.807, 2.05) is 0 Å². The average molecular weight is 402 g/mol. The van der Waals surface area contributed by atoms with Gasteiger partial charge in [-0.3, -0.25) is 0 Å². The van der Waals surface area contributed by atoms with Crippen molar-refractivity contribution in [1.82, 2.24) is 0 Å². The molecule has 1 nitrogen and oxygen atoms in total. The minimum Gasteiger partial charge on any atom is -0.379 e. The van der Waals surface area contributed by atoms with Crippen molar-refractivity contribution >= 4 is 5.69 Å². The summed E-state index contributed by atoms with van der Waals surface area (Å²) < 4.78 is 0. The SMILES string of the molecule is C1=CC(Nc2ccc(-c3ccccc3)cc2)CC=C1C1=CCC(c2ccccc2)C=C1. The van der Waals surface area contributed by atoms with Crippen LogP contribution in [-0.2, 0) is 0 Å². The smallest absolute Gasteiger partial charge is 0.0482 e. The molecule has 31 heavy (non-hydrogen) atoms. The van der Waals surface area contributed by atoms with E-state index in [2.05, 4.69) is 127 Å². The van der Waals surface area contributed by atoms with Crippen LogP contribution >= 0.6 is 0 Å². The van der Waals surface area contributed by atoms with Crippen LogP contribution in [0, 0.1) is 0 Å². The van der Waals surface area contributed by atoms with Crippen LogP contribution in [0.5, 0.6) is 0 Å². The molecule has 0 heterocycles. The van der Waals surface area contributed by atoms with Gasteiger partial charge in [0.2, 0.25) is 0 Å². The van der Waals surface area contributed by atoms with Gasteiger partial charge in [-0.2, -0.15) is 0 Å². The standard InChI is InChI=1S/C30H27N/c1-3-7-23(8-4-1)25-11-13-26(14-12-25)28-17-21-30(22-18-28)31-29-19-15-27(16-20-29)24-9-5-2-6-10-24/h1-11,13-21,25,30-31H,12,22H2. The lowest BCUT2D eigenvalue weighted by Crippen LogP contribution is -2.18. The lowest BCUT2D eigenvalue weighted by molar-refractivity contribution is 0.842. The summed E-state index contributed by atoms with van der Waals surface area (Å²) >= 11 is 0. The van der Waals surface area contributed by atoms with E-state index in [1.54, 1.807) is 0 Å². The number of benzene rings is 3. The van der Waals surface area contributed by atoms with Gasteiger partial charge in [-0.05, 0) is 52.8 Å². The molecule has 1 heteroatoms. The van der Waals surface area contributed by atoms with Crippen molar-refractivity contribution in [2.75, 3.05) is 5.32 Å². The van der Waals surface area contributed by atoms with Gasteiger partial charge in [0.1, 0.15) is 0 Å². The molecule has 0 saturated heterocycles. The third kappa shape index (κ3) is 4.62. The van der Waals surface area contributed by atoms with Gasteiger partial charge in [-0.1, -0.05) is 109 Å². The number of nitrogens with one attached hydrogen (secondary N) is 1. The molecule has 2 aliphatic carbocycles. The second-order valence-corrected chi connectivity index (χ2v) is 8.22. The van der Waals surface area contributed by atoms with E-state index in [0.29, 0.717) is 12.0 Å². The summed E-state index contributed by atoms with van der Waals surface area (Å²) in [5.74, 6) is 0.492. The van der Waals surface area contributed by atoms with Gasteiger partial charge >= 0.3 is 0 Å². The Hall–Kier alpha value is -3.58. The van der Waals surface area contributed by atoms with Crippen molar-refractivity contribution in [2.45, 2.75) is 24.8 Å². The highest BCUT2D eigenvalue weighted by Gasteiger charge is 2.15. The lowest BCUT2D eigenvalue weighted by Gasteiger charge is -2.22. The van der Waals surface area contributed by atoms with Crippen molar-refractivity contribution in [3.63, 3.8) is 0 Å². The highest BCUT2D eigenvalue weighted by molar-refractivity contribution is 5.66. The Bertz CT molecular complexity index is 1130. The first-order valence-corrected chi connectivity index (χ1v) is 11.1. The molecule has 3 aromatic rings. The summed E-state index contributed by atoms with van der Waals surface area (Å²) in [6.45, 7) is 0. The Labute approximate surface area is 185 Å². The molecule has 0 aromatic heterocycles. The Morgan fingerprint density at radius 2 is 1.19 bits per heavy atom. The topological polar surface area (TPSA) is 12.0 Å². The Balaban J connectivity index is 1.18. The maximum Gasteiger partial charge on any atom is 0.0482 e. The minimum absolute atomic E-state index is 0.330. The first kappa shape index (κ1) is 19.4. The number of allylic oxidation sites excluding steroid dienone is 6. The van der Waals surface area contributed by atoms with Gasteiger partial charge in [-0.15, -0.1) is 0 Å². The van der Waals surface area contributed by atoms with Crippen molar-refractivity contribution in [3.8, 4) is 11.1 Å². The molecule has 1 N–H and O–H groups in total. The number of hydrogen-bond donors (Lipinski definition) is 1. The van der Waals surface area contributed by atoms with Crippen LogP contribution < -0.4 is 5.32 Å². The second-order valence-electron chi connectivity index (χ2n) is 8.22. The maximum absolute atomic E-state index is 3.64. The third-order valence-electron chi connectivity index (χ3n) is 6.10. The molecule has 5 rings (SSSR count). The Morgan fingerprint density at radius 3 is 1.81 bits per heavy atom. The first-order valence-electron chi connectivity index (χ1n) is 11.1. The predicted octanol–water partition coefficient (Wildman–Crippen LogP) is 7.69. The van der Waals surface area contributed by atoms with Gasteiger partial charge in [0, 0.05) is 17.6 Å². The fourth-order valence-electron chi connectivity index (χ4n) is 4.33. The van der Waals surface area contributed by atoms with Gasteiger partial charge in [0.25, 0.3) is 0 Å². The maximum atomic E-state index is 3.64. The van der Waals surface area contributed by atoms with E-state index < -0.39 is 0 Å². The third-order valence-corrected chi connectivity index (χ3v) is 6.10. The van der Waals surface area contributed by atoms with E-state index in [-0.39, 0.29) is 0 Å². The van der Waals surface area contributed by atoms with Crippen molar-refractivity contribution in [3.05, 3.63) is 138 Å². The molecule has 0 saturated carbocycles. The molecule has 2 unspecified atom stereocenters. The zero-order valence-corrected chi connectivity index (χ0v) is 17.6. The molecule has 2 atom stereocenters. The van der Waals surface area contributed by atoms with Gasteiger partial charge < -0.3 is 5.32 Å². The fraction of sp³-hybridized carbons (Fsp3) is 0.133. The molecular weight excluding hydrogens is 374 g/mol. The van der Waals surface area contributed by atoms with Crippen molar-refractivity contribution in [2.24, 2.45) is 0 Å². The molecule has 0 radical (unpaired) electrons. The Morgan fingerprint density at radius 1 is 0.581 bits per heavy atom. The van der Waals surface area contributed by atoms with Crippen LogP contribution in [0.3, 0.4) is 0 Å².